The quantitative estimate of drug-likeness (QED) is 0.713. The van der Waals surface area contributed by atoms with E-state index in [1.807, 2.05) is 0 Å². The van der Waals surface area contributed by atoms with Crippen molar-refractivity contribution in [3.63, 3.8) is 0 Å². The Morgan fingerprint density at radius 3 is 2.85 bits per heavy atom. The maximum Gasteiger partial charge on any atom is 0.0661 e. The van der Waals surface area contributed by atoms with Crippen molar-refractivity contribution in [1.29, 1.82) is 0 Å². The molecule has 0 fully saturated rings. The Bertz CT molecular complexity index is 329. The van der Waals surface area contributed by atoms with Crippen molar-refractivity contribution >= 4 is 5.69 Å². The summed E-state index contributed by atoms with van der Waals surface area (Å²) in [4.78, 5) is 4.63. The first-order chi connectivity index (χ1) is 6.18. The highest BCUT2D eigenvalue weighted by atomic mass is 14.8. The molecule has 1 aromatic rings. The maximum atomic E-state index is 5.93. The zero-order valence-electron chi connectivity index (χ0n) is 8.30. The number of nitrogens with zero attached hydrogens (tertiary/aromatic N) is 1. The van der Waals surface area contributed by atoms with Crippen molar-refractivity contribution in [3.8, 4) is 0 Å². The predicted molar refractivity (Wildman–Crippen MR) is 54.8 cm³/mol. The Balaban J connectivity index is 2.49. The van der Waals surface area contributed by atoms with Crippen molar-refractivity contribution in [2.75, 3.05) is 5.73 Å². The van der Waals surface area contributed by atoms with Crippen molar-refractivity contribution < 1.29 is 0 Å². The number of hydrogen-bond acceptors (Lipinski definition) is 2. The molecule has 1 heterocycles. The topological polar surface area (TPSA) is 38.9 Å². The largest absolute Gasteiger partial charge is 0.397 e. The highest BCUT2D eigenvalue weighted by Crippen LogP contribution is 2.27. The molecule has 0 saturated heterocycles. The lowest BCUT2D eigenvalue weighted by Crippen LogP contribution is -2.03. The van der Waals surface area contributed by atoms with Crippen LogP contribution in [0.25, 0.3) is 0 Å². The van der Waals surface area contributed by atoms with Gasteiger partial charge < -0.3 is 5.73 Å². The van der Waals surface area contributed by atoms with Gasteiger partial charge in [-0.15, -0.1) is 0 Å². The second-order valence-corrected chi connectivity index (χ2v) is 4.08. The minimum absolute atomic E-state index is 0.436. The summed E-state index contributed by atoms with van der Waals surface area (Å²) in [7, 11) is 0. The minimum atomic E-state index is 0.436. The van der Waals surface area contributed by atoms with Crippen molar-refractivity contribution in [1.82, 2.24) is 4.98 Å². The molecule has 0 atom stereocenters. The van der Waals surface area contributed by atoms with Crippen LogP contribution in [0.1, 0.15) is 43.1 Å². The number of rotatable bonds is 1. The van der Waals surface area contributed by atoms with Crippen LogP contribution in [0, 0.1) is 0 Å². The highest BCUT2D eigenvalue weighted by Gasteiger charge is 2.16. The van der Waals surface area contributed by atoms with Gasteiger partial charge in [0.05, 0.1) is 11.4 Å². The van der Waals surface area contributed by atoms with Gasteiger partial charge in [-0.1, -0.05) is 13.8 Å². The number of nitrogen functional groups attached to an aromatic ring is 1. The average molecular weight is 176 g/mol. The number of aromatic nitrogens is 1. The van der Waals surface area contributed by atoms with E-state index < -0.39 is 0 Å². The first kappa shape index (κ1) is 8.54. The first-order valence-corrected chi connectivity index (χ1v) is 4.96. The summed E-state index contributed by atoms with van der Waals surface area (Å²) in [5.74, 6) is 0.436. The Morgan fingerprint density at radius 2 is 2.15 bits per heavy atom. The van der Waals surface area contributed by atoms with Crippen LogP contribution in [0.5, 0.6) is 0 Å². The molecule has 70 valence electrons. The minimum Gasteiger partial charge on any atom is -0.397 e. The number of pyridine rings is 1. The Morgan fingerprint density at radius 1 is 1.38 bits per heavy atom. The summed E-state index contributed by atoms with van der Waals surface area (Å²) in [6.45, 7) is 4.28. The molecular weight excluding hydrogens is 160 g/mol. The Labute approximate surface area is 79.2 Å². The fourth-order valence-electron chi connectivity index (χ4n) is 1.97. The third-order valence-electron chi connectivity index (χ3n) is 2.66. The molecule has 0 unspecified atom stereocenters. The molecule has 1 aliphatic rings. The predicted octanol–water partition coefficient (Wildman–Crippen LogP) is 2.28. The molecule has 0 spiro atoms. The van der Waals surface area contributed by atoms with E-state index >= 15 is 0 Å². The van der Waals surface area contributed by atoms with Crippen LogP contribution in [-0.4, -0.2) is 4.98 Å². The van der Waals surface area contributed by atoms with Gasteiger partial charge in [0.15, 0.2) is 0 Å². The molecule has 13 heavy (non-hydrogen) atoms. The van der Waals surface area contributed by atoms with Crippen LogP contribution >= 0.6 is 0 Å². The van der Waals surface area contributed by atoms with Crippen molar-refractivity contribution in [2.45, 2.75) is 39.0 Å². The molecule has 2 nitrogen and oxygen atoms in total. The van der Waals surface area contributed by atoms with Gasteiger partial charge in [-0.05, 0) is 36.8 Å². The highest BCUT2D eigenvalue weighted by molar-refractivity contribution is 5.49. The molecule has 2 heteroatoms. The van der Waals surface area contributed by atoms with Crippen LogP contribution in [0.3, 0.4) is 0 Å². The number of anilines is 1. The van der Waals surface area contributed by atoms with Gasteiger partial charge >= 0.3 is 0 Å². The number of hydrogen-bond donors (Lipinski definition) is 1. The second kappa shape index (κ2) is 3.02. The monoisotopic (exact) mass is 176 g/mol. The summed E-state index contributed by atoms with van der Waals surface area (Å²) in [5, 5.41) is 0. The Hall–Kier alpha value is -1.05. The molecule has 0 radical (unpaired) electrons. The molecule has 0 aliphatic heterocycles. The molecule has 0 bridgehead atoms. The zero-order valence-corrected chi connectivity index (χ0v) is 8.30. The smallest absolute Gasteiger partial charge is 0.0661 e. The summed E-state index contributed by atoms with van der Waals surface area (Å²) in [6.07, 6.45) is 3.53. The number of nitrogens with two attached hydrogens (primary N) is 1. The third kappa shape index (κ3) is 1.41. The van der Waals surface area contributed by atoms with Crippen LogP contribution in [0.4, 0.5) is 5.69 Å². The summed E-state index contributed by atoms with van der Waals surface area (Å²) in [6, 6.07) is 2.12. The normalized spacial score (nSPS) is 15.0. The summed E-state index contributed by atoms with van der Waals surface area (Å²) >= 11 is 0. The second-order valence-electron chi connectivity index (χ2n) is 4.08. The Kier molecular flexibility index (Phi) is 1.98. The van der Waals surface area contributed by atoms with Gasteiger partial charge in [0.1, 0.15) is 0 Å². The van der Waals surface area contributed by atoms with E-state index in [4.69, 9.17) is 5.73 Å². The summed E-state index contributed by atoms with van der Waals surface area (Å²) < 4.78 is 0. The zero-order chi connectivity index (χ0) is 9.42. The van der Waals surface area contributed by atoms with E-state index in [-0.39, 0.29) is 0 Å². The van der Waals surface area contributed by atoms with E-state index in [0.717, 1.165) is 24.2 Å². The first-order valence-electron chi connectivity index (χ1n) is 4.96. The van der Waals surface area contributed by atoms with Gasteiger partial charge in [0.25, 0.3) is 0 Å². The molecular formula is C11H16N2. The molecule has 1 aromatic heterocycles. The molecule has 2 rings (SSSR count). The van der Waals surface area contributed by atoms with Crippen molar-refractivity contribution in [2.24, 2.45) is 0 Å². The van der Waals surface area contributed by atoms with E-state index in [1.165, 1.54) is 17.7 Å². The number of fused-ring (bicyclic) bond motifs is 1. The average Bonchev–Trinajstić information content (AvgIpc) is 2.48. The van der Waals surface area contributed by atoms with Crippen LogP contribution in [0.2, 0.25) is 0 Å². The van der Waals surface area contributed by atoms with Crippen LogP contribution in [0.15, 0.2) is 6.07 Å². The molecule has 0 aromatic carbocycles. The molecule has 0 saturated carbocycles. The third-order valence-corrected chi connectivity index (χ3v) is 2.66. The maximum absolute atomic E-state index is 5.93. The SMILES string of the molecule is CC(C)c1nc2c(cc1N)CCC2. The van der Waals surface area contributed by atoms with Gasteiger partial charge in [0, 0.05) is 5.69 Å². The summed E-state index contributed by atoms with van der Waals surface area (Å²) in [5.41, 5.74) is 10.5. The van der Waals surface area contributed by atoms with E-state index in [1.54, 1.807) is 0 Å². The fourth-order valence-corrected chi connectivity index (χ4v) is 1.97. The van der Waals surface area contributed by atoms with Gasteiger partial charge in [0.2, 0.25) is 0 Å². The van der Waals surface area contributed by atoms with Crippen molar-refractivity contribution in [3.05, 3.63) is 23.0 Å². The lowest BCUT2D eigenvalue weighted by Gasteiger charge is -2.10. The van der Waals surface area contributed by atoms with Gasteiger partial charge in [-0.2, -0.15) is 0 Å². The lowest BCUT2D eigenvalue weighted by atomic mass is 10.1. The van der Waals surface area contributed by atoms with Gasteiger partial charge in [-0.3, -0.25) is 4.98 Å². The fraction of sp³-hybridized carbons (Fsp3) is 0.545. The van der Waals surface area contributed by atoms with Crippen LogP contribution < -0.4 is 5.73 Å². The van der Waals surface area contributed by atoms with E-state index in [2.05, 4.69) is 24.9 Å². The molecule has 2 N–H and O–H groups in total. The van der Waals surface area contributed by atoms with E-state index in [9.17, 15) is 0 Å². The van der Waals surface area contributed by atoms with Gasteiger partial charge in [-0.25, -0.2) is 0 Å². The standard InChI is InChI=1S/C11H16N2/c1-7(2)11-9(12)6-8-4-3-5-10(8)13-11/h6-7H,3-5,12H2,1-2H3. The lowest BCUT2D eigenvalue weighted by molar-refractivity contribution is 0.810. The number of aryl methyl sites for hydroxylation is 2. The van der Waals surface area contributed by atoms with E-state index in [0.29, 0.717) is 5.92 Å². The van der Waals surface area contributed by atoms with Crippen LogP contribution in [-0.2, 0) is 12.8 Å². The molecule has 1 aliphatic carbocycles. The molecule has 0 amide bonds.